The van der Waals surface area contributed by atoms with Crippen LogP contribution in [0.4, 0.5) is 10.3 Å². The lowest BCUT2D eigenvalue weighted by molar-refractivity contribution is 0.0999. The Kier molecular flexibility index (Phi) is 4.25. The lowest BCUT2D eigenvalue weighted by atomic mass is 10.1. The predicted octanol–water partition coefficient (Wildman–Crippen LogP) is 4.15. The number of carbonyl (C=O) groups excluding carboxylic acids is 1. The summed E-state index contributed by atoms with van der Waals surface area (Å²) in [6.07, 6.45) is 1.58. The number of hydrogen-bond acceptors (Lipinski definition) is 3. The number of aromatic nitrogens is 1. The number of halogens is 1. The van der Waals surface area contributed by atoms with E-state index in [9.17, 15) is 9.18 Å². The smallest absolute Gasteiger partial charge is 0.195 e. The van der Waals surface area contributed by atoms with Gasteiger partial charge in [-0.15, -0.1) is 0 Å². The summed E-state index contributed by atoms with van der Waals surface area (Å²) in [7, 11) is 1.82. The molecule has 0 aliphatic rings. The van der Waals surface area contributed by atoms with Gasteiger partial charge in [0.25, 0.3) is 0 Å². The molecular formula is C19H19FN2O2. The Bertz CT molecular complexity index is 848. The third-order valence-electron chi connectivity index (χ3n) is 4.08. The molecule has 5 heteroatoms. The van der Waals surface area contributed by atoms with E-state index in [0.717, 1.165) is 17.1 Å². The van der Waals surface area contributed by atoms with Gasteiger partial charge in [0.1, 0.15) is 5.82 Å². The highest BCUT2D eigenvalue weighted by Gasteiger charge is 2.18. The van der Waals surface area contributed by atoms with Gasteiger partial charge in [0.05, 0.1) is 12.8 Å². The van der Waals surface area contributed by atoms with Crippen LogP contribution in [0.3, 0.4) is 0 Å². The maximum Gasteiger partial charge on any atom is 0.195 e. The number of rotatable bonds is 5. The Labute approximate surface area is 140 Å². The van der Waals surface area contributed by atoms with E-state index in [-0.39, 0.29) is 18.1 Å². The minimum absolute atomic E-state index is 0.00959. The number of likely N-dealkylation sites (N-methyl/N-ethyl adjacent to an activating group) is 1. The fourth-order valence-electron chi connectivity index (χ4n) is 2.90. The monoisotopic (exact) mass is 326 g/mol. The van der Waals surface area contributed by atoms with E-state index >= 15 is 0 Å². The van der Waals surface area contributed by atoms with Crippen LogP contribution in [0.1, 0.15) is 21.7 Å². The molecule has 2 aromatic heterocycles. The Morgan fingerprint density at radius 2 is 1.92 bits per heavy atom. The average molecular weight is 326 g/mol. The van der Waals surface area contributed by atoms with Gasteiger partial charge in [-0.1, -0.05) is 0 Å². The van der Waals surface area contributed by atoms with E-state index in [1.807, 2.05) is 37.6 Å². The fraction of sp³-hybridized carbons (Fsp3) is 0.211. The van der Waals surface area contributed by atoms with Crippen molar-refractivity contribution in [1.29, 1.82) is 0 Å². The van der Waals surface area contributed by atoms with Crippen molar-refractivity contribution < 1.29 is 13.6 Å². The third-order valence-corrected chi connectivity index (χ3v) is 4.08. The zero-order valence-corrected chi connectivity index (χ0v) is 13.9. The lowest BCUT2D eigenvalue weighted by Crippen LogP contribution is -2.25. The minimum Gasteiger partial charge on any atom is -0.449 e. The standard InChI is InChI=1S/C19H19FN2O2/c1-13-11-17(18(23)12-21(3)19-5-4-10-24-19)14(2)22(13)16-8-6-15(20)7-9-16/h4-11H,12H2,1-3H3. The molecule has 3 rings (SSSR count). The second-order valence-corrected chi connectivity index (χ2v) is 5.83. The zero-order chi connectivity index (χ0) is 17.3. The molecule has 0 bridgehead atoms. The molecule has 1 aromatic carbocycles. The highest BCUT2D eigenvalue weighted by molar-refractivity contribution is 6.00. The van der Waals surface area contributed by atoms with Gasteiger partial charge in [-0.3, -0.25) is 4.79 Å². The van der Waals surface area contributed by atoms with Crippen molar-refractivity contribution >= 4 is 11.7 Å². The molecule has 0 N–H and O–H groups in total. The van der Waals surface area contributed by atoms with E-state index < -0.39 is 0 Å². The number of Topliss-reactive ketones (excluding diaryl/α,β-unsaturated/α-hetero) is 1. The van der Waals surface area contributed by atoms with E-state index in [1.165, 1.54) is 12.1 Å². The highest BCUT2D eigenvalue weighted by Crippen LogP contribution is 2.22. The van der Waals surface area contributed by atoms with Crippen LogP contribution in [0.5, 0.6) is 0 Å². The summed E-state index contributed by atoms with van der Waals surface area (Å²) >= 11 is 0. The van der Waals surface area contributed by atoms with Gasteiger partial charge in [-0.05, 0) is 50.2 Å². The van der Waals surface area contributed by atoms with Crippen LogP contribution in [-0.2, 0) is 0 Å². The fourth-order valence-corrected chi connectivity index (χ4v) is 2.90. The SMILES string of the molecule is Cc1cc(C(=O)CN(C)c2ccco2)c(C)n1-c1ccc(F)cc1. The zero-order valence-electron chi connectivity index (χ0n) is 13.9. The Morgan fingerprint density at radius 1 is 1.21 bits per heavy atom. The number of aryl methyl sites for hydroxylation is 1. The van der Waals surface area contributed by atoms with E-state index in [4.69, 9.17) is 4.42 Å². The maximum atomic E-state index is 13.1. The highest BCUT2D eigenvalue weighted by atomic mass is 19.1. The molecule has 0 spiro atoms. The number of nitrogens with zero attached hydrogens (tertiary/aromatic N) is 2. The van der Waals surface area contributed by atoms with E-state index in [2.05, 4.69) is 0 Å². The van der Waals surface area contributed by atoms with Gasteiger partial charge < -0.3 is 13.9 Å². The summed E-state index contributed by atoms with van der Waals surface area (Å²) < 4.78 is 20.4. The van der Waals surface area contributed by atoms with Crippen molar-refractivity contribution in [3.8, 4) is 5.69 Å². The molecule has 3 aromatic rings. The van der Waals surface area contributed by atoms with Gasteiger partial charge in [-0.2, -0.15) is 0 Å². The van der Waals surface area contributed by atoms with Crippen LogP contribution < -0.4 is 4.90 Å². The van der Waals surface area contributed by atoms with Crippen molar-refractivity contribution in [2.45, 2.75) is 13.8 Å². The molecule has 4 nitrogen and oxygen atoms in total. The number of hydrogen-bond donors (Lipinski definition) is 0. The molecule has 0 aliphatic carbocycles. The van der Waals surface area contributed by atoms with Gasteiger partial charge >= 0.3 is 0 Å². The van der Waals surface area contributed by atoms with Gasteiger partial charge in [-0.25, -0.2) is 4.39 Å². The predicted molar refractivity (Wildman–Crippen MR) is 91.5 cm³/mol. The summed E-state index contributed by atoms with van der Waals surface area (Å²) in [5, 5.41) is 0. The summed E-state index contributed by atoms with van der Waals surface area (Å²) in [5.74, 6) is 0.378. The number of anilines is 1. The first-order valence-electron chi connectivity index (χ1n) is 7.70. The number of furan rings is 1. The molecular weight excluding hydrogens is 307 g/mol. The maximum absolute atomic E-state index is 13.1. The molecule has 0 amide bonds. The Balaban J connectivity index is 1.88. The largest absolute Gasteiger partial charge is 0.449 e. The first-order chi connectivity index (χ1) is 11.5. The second kappa shape index (κ2) is 6.35. The quantitative estimate of drug-likeness (QED) is 0.661. The van der Waals surface area contributed by atoms with Crippen molar-refractivity contribution in [1.82, 2.24) is 4.57 Å². The van der Waals surface area contributed by atoms with E-state index in [0.29, 0.717) is 11.4 Å². The lowest BCUT2D eigenvalue weighted by Gasteiger charge is -2.15. The molecule has 2 heterocycles. The van der Waals surface area contributed by atoms with Gasteiger partial charge in [0.15, 0.2) is 11.7 Å². The van der Waals surface area contributed by atoms with Crippen LogP contribution >= 0.6 is 0 Å². The topological polar surface area (TPSA) is 38.4 Å². The molecule has 0 fully saturated rings. The average Bonchev–Trinajstić information content (AvgIpc) is 3.17. The van der Waals surface area contributed by atoms with Crippen LogP contribution in [0.2, 0.25) is 0 Å². The molecule has 0 saturated carbocycles. The summed E-state index contributed by atoms with van der Waals surface area (Å²) in [6, 6.07) is 11.7. The molecule has 0 radical (unpaired) electrons. The first-order valence-corrected chi connectivity index (χ1v) is 7.70. The number of ketones is 1. The number of benzene rings is 1. The molecule has 0 aliphatic heterocycles. The molecule has 0 atom stereocenters. The van der Waals surface area contributed by atoms with Crippen LogP contribution in [0, 0.1) is 19.7 Å². The van der Waals surface area contributed by atoms with Gasteiger partial charge in [0.2, 0.25) is 0 Å². The normalized spacial score (nSPS) is 10.8. The van der Waals surface area contributed by atoms with Crippen LogP contribution in [-0.4, -0.2) is 23.9 Å². The Morgan fingerprint density at radius 3 is 2.54 bits per heavy atom. The summed E-state index contributed by atoms with van der Waals surface area (Å²) in [6.45, 7) is 4.06. The first kappa shape index (κ1) is 16.1. The molecule has 124 valence electrons. The van der Waals surface area contributed by atoms with Gasteiger partial charge in [0, 0.05) is 35.8 Å². The minimum atomic E-state index is -0.280. The Hall–Kier alpha value is -2.82. The van der Waals surface area contributed by atoms with Crippen LogP contribution in [0.25, 0.3) is 5.69 Å². The van der Waals surface area contributed by atoms with E-state index in [1.54, 1.807) is 29.4 Å². The van der Waals surface area contributed by atoms with Crippen molar-refractivity contribution in [2.75, 3.05) is 18.5 Å². The second-order valence-electron chi connectivity index (χ2n) is 5.83. The van der Waals surface area contributed by atoms with Crippen LogP contribution in [0.15, 0.2) is 53.1 Å². The molecule has 24 heavy (non-hydrogen) atoms. The van der Waals surface area contributed by atoms with Crippen molar-refractivity contribution in [2.24, 2.45) is 0 Å². The third kappa shape index (κ3) is 2.97. The summed E-state index contributed by atoms with van der Waals surface area (Å²) in [5.41, 5.74) is 3.28. The van der Waals surface area contributed by atoms with Crippen molar-refractivity contribution in [3.63, 3.8) is 0 Å². The molecule has 0 saturated heterocycles. The van der Waals surface area contributed by atoms with Crippen molar-refractivity contribution in [3.05, 3.63) is 71.5 Å². The summed E-state index contributed by atoms with van der Waals surface area (Å²) in [4.78, 5) is 14.4. The number of carbonyl (C=O) groups is 1. The molecule has 0 unspecified atom stereocenters.